The zero-order valence-corrected chi connectivity index (χ0v) is 4.18. The second-order valence-electron chi connectivity index (χ2n) is 2.05. The van der Waals surface area contributed by atoms with Gasteiger partial charge in [0.1, 0.15) is 6.29 Å². The second kappa shape index (κ2) is 1.49. The molecule has 1 nitrogen and oxygen atoms in total. The summed E-state index contributed by atoms with van der Waals surface area (Å²) in [6.45, 7) is 3.70. The van der Waals surface area contributed by atoms with E-state index in [1.807, 2.05) is 0 Å². The Balaban J connectivity index is 2.29. The summed E-state index contributed by atoms with van der Waals surface area (Å²) in [5, 5.41) is 0. The Hall–Kier alpha value is -0.590. The van der Waals surface area contributed by atoms with Crippen LogP contribution < -0.4 is 0 Å². The van der Waals surface area contributed by atoms with Gasteiger partial charge in [-0.3, -0.25) is 0 Å². The van der Waals surface area contributed by atoms with Gasteiger partial charge >= 0.3 is 0 Å². The maximum Gasteiger partial charge on any atom is 0.123 e. The molecule has 0 amide bonds. The van der Waals surface area contributed by atoms with Gasteiger partial charge in [-0.15, -0.1) is 0 Å². The molecule has 0 aromatic heterocycles. The lowest BCUT2D eigenvalue weighted by Gasteiger charge is -2.21. The average Bonchev–Trinajstić information content (AvgIpc) is 1.58. The van der Waals surface area contributed by atoms with Crippen LogP contribution in [0.2, 0.25) is 0 Å². The summed E-state index contributed by atoms with van der Waals surface area (Å²) in [5.41, 5.74) is 1.22. The Kier molecular flexibility index (Phi) is 0.970. The van der Waals surface area contributed by atoms with E-state index in [0.717, 1.165) is 19.1 Å². The molecule has 0 radical (unpaired) electrons. The highest BCUT2D eigenvalue weighted by Crippen LogP contribution is 2.28. The van der Waals surface area contributed by atoms with E-state index in [0.29, 0.717) is 5.92 Å². The normalized spacial score (nSPS) is 21.4. The summed E-state index contributed by atoms with van der Waals surface area (Å²) < 4.78 is 0. The Morgan fingerprint density at radius 3 is 2.43 bits per heavy atom. The molecular formula is C6H8O. The minimum absolute atomic E-state index is 0.312. The molecule has 1 aliphatic rings. The molecule has 1 rings (SSSR count). The van der Waals surface area contributed by atoms with Gasteiger partial charge in [0.05, 0.1) is 0 Å². The lowest BCUT2D eigenvalue weighted by molar-refractivity contribution is -0.112. The maximum absolute atomic E-state index is 9.89. The molecule has 0 aliphatic heterocycles. The van der Waals surface area contributed by atoms with E-state index in [1.165, 1.54) is 5.57 Å². The standard InChI is InChI=1S/C6H8O/c1-5-2-6(3-5)4-7/h4,6H,1-3H2. The van der Waals surface area contributed by atoms with Crippen molar-refractivity contribution in [3.8, 4) is 0 Å². The Morgan fingerprint density at radius 1 is 1.71 bits per heavy atom. The van der Waals surface area contributed by atoms with Crippen molar-refractivity contribution in [3.63, 3.8) is 0 Å². The van der Waals surface area contributed by atoms with Crippen LogP contribution in [0.25, 0.3) is 0 Å². The van der Waals surface area contributed by atoms with Gasteiger partial charge in [-0.2, -0.15) is 0 Å². The number of rotatable bonds is 1. The highest BCUT2D eigenvalue weighted by molar-refractivity contribution is 5.57. The molecule has 1 fully saturated rings. The van der Waals surface area contributed by atoms with E-state index in [1.54, 1.807) is 0 Å². The molecule has 1 saturated carbocycles. The van der Waals surface area contributed by atoms with Gasteiger partial charge in [-0.1, -0.05) is 12.2 Å². The molecule has 0 unspecified atom stereocenters. The molecule has 0 aromatic rings. The lowest BCUT2D eigenvalue weighted by atomic mass is 9.82. The predicted molar refractivity (Wildman–Crippen MR) is 27.9 cm³/mol. The molecule has 0 saturated heterocycles. The fraction of sp³-hybridized carbons (Fsp3) is 0.500. The summed E-state index contributed by atoms with van der Waals surface area (Å²) in [7, 11) is 0. The van der Waals surface area contributed by atoms with Gasteiger partial charge in [0, 0.05) is 5.92 Å². The van der Waals surface area contributed by atoms with Crippen LogP contribution in [0.1, 0.15) is 12.8 Å². The summed E-state index contributed by atoms with van der Waals surface area (Å²) in [6.07, 6.45) is 2.88. The van der Waals surface area contributed by atoms with Gasteiger partial charge in [-0.25, -0.2) is 0 Å². The minimum Gasteiger partial charge on any atom is -0.303 e. The first-order chi connectivity index (χ1) is 3.33. The first-order valence-corrected chi connectivity index (χ1v) is 2.45. The van der Waals surface area contributed by atoms with E-state index >= 15 is 0 Å². The molecule has 1 heteroatoms. The Bertz CT molecular complexity index is 96.7. The molecule has 0 bridgehead atoms. The average molecular weight is 96.1 g/mol. The smallest absolute Gasteiger partial charge is 0.123 e. The monoisotopic (exact) mass is 96.1 g/mol. The number of hydrogen-bond donors (Lipinski definition) is 0. The quantitative estimate of drug-likeness (QED) is 0.353. The number of aldehydes is 1. The van der Waals surface area contributed by atoms with E-state index in [4.69, 9.17) is 0 Å². The largest absolute Gasteiger partial charge is 0.303 e. The maximum atomic E-state index is 9.89. The van der Waals surface area contributed by atoms with E-state index in [-0.39, 0.29) is 0 Å². The molecule has 38 valence electrons. The van der Waals surface area contributed by atoms with Gasteiger partial charge in [0.2, 0.25) is 0 Å². The number of allylic oxidation sites excluding steroid dienone is 1. The van der Waals surface area contributed by atoms with Gasteiger partial charge < -0.3 is 4.79 Å². The van der Waals surface area contributed by atoms with Crippen molar-refractivity contribution in [1.82, 2.24) is 0 Å². The van der Waals surface area contributed by atoms with Crippen molar-refractivity contribution >= 4 is 6.29 Å². The summed E-state index contributed by atoms with van der Waals surface area (Å²) in [6, 6.07) is 0. The van der Waals surface area contributed by atoms with Crippen molar-refractivity contribution < 1.29 is 4.79 Å². The topological polar surface area (TPSA) is 17.1 Å². The van der Waals surface area contributed by atoms with Crippen LogP contribution in [-0.2, 0) is 4.79 Å². The fourth-order valence-corrected chi connectivity index (χ4v) is 0.778. The van der Waals surface area contributed by atoms with Crippen LogP contribution >= 0.6 is 0 Å². The molecular weight excluding hydrogens is 88.1 g/mol. The van der Waals surface area contributed by atoms with Crippen molar-refractivity contribution in [2.24, 2.45) is 5.92 Å². The van der Waals surface area contributed by atoms with Crippen molar-refractivity contribution in [3.05, 3.63) is 12.2 Å². The third-order valence-electron chi connectivity index (χ3n) is 1.29. The van der Waals surface area contributed by atoms with E-state index in [9.17, 15) is 4.79 Å². The first-order valence-electron chi connectivity index (χ1n) is 2.45. The zero-order chi connectivity index (χ0) is 5.28. The summed E-state index contributed by atoms with van der Waals surface area (Å²) in [4.78, 5) is 9.89. The number of carbonyl (C=O) groups excluding carboxylic acids is 1. The van der Waals surface area contributed by atoms with Gasteiger partial charge in [-0.05, 0) is 12.8 Å². The molecule has 1 aliphatic carbocycles. The first kappa shape index (κ1) is 4.57. The molecule has 0 N–H and O–H groups in total. The Labute approximate surface area is 43.0 Å². The van der Waals surface area contributed by atoms with Crippen molar-refractivity contribution in [2.75, 3.05) is 0 Å². The van der Waals surface area contributed by atoms with Gasteiger partial charge in [0.15, 0.2) is 0 Å². The molecule has 0 atom stereocenters. The molecule has 0 spiro atoms. The van der Waals surface area contributed by atoms with Crippen LogP contribution in [-0.4, -0.2) is 6.29 Å². The van der Waals surface area contributed by atoms with E-state index < -0.39 is 0 Å². The summed E-state index contributed by atoms with van der Waals surface area (Å²) in [5.74, 6) is 0.312. The lowest BCUT2D eigenvalue weighted by Crippen LogP contribution is -2.14. The molecule has 0 aromatic carbocycles. The summed E-state index contributed by atoms with van der Waals surface area (Å²) >= 11 is 0. The Morgan fingerprint density at radius 2 is 2.29 bits per heavy atom. The predicted octanol–water partition coefficient (Wildman–Crippen LogP) is 1.15. The zero-order valence-electron chi connectivity index (χ0n) is 4.18. The van der Waals surface area contributed by atoms with Gasteiger partial charge in [0.25, 0.3) is 0 Å². The highest BCUT2D eigenvalue weighted by Gasteiger charge is 2.19. The molecule has 7 heavy (non-hydrogen) atoms. The van der Waals surface area contributed by atoms with Crippen LogP contribution in [0, 0.1) is 5.92 Å². The third-order valence-corrected chi connectivity index (χ3v) is 1.29. The number of hydrogen-bond acceptors (Lipinski definition) is 1. The van der Waals surface area contributed by atoms with Crippen LogP contribution in [0.3, 0.4) is 0 Å². The van der Waals surface area contributed by atoms with Crippen LogP contribution in [0.5, 0.6) is 0 Å². The van der Waals surface area contributed by atoms with Crippen molar-refractivity contribution in [2.45, 2.75) is 12.8 Å². The van der Waals surface area contributed by atoms with E-state index in [2.05, 4.69) is 6.58 Å². The minimum atomic E-state index is 0.312. The van der Waals surface area contributed by atoms with Crippen LogP contribution in [0.4, 0.5) is 0 Å². The third kappa shape index (κ3) is 0.710. The number of carbonyl (C=O) groups is 1. The molecule has 0 heterocycles. The van der Waals surface area contributed by atoms with Crippen molar-refractivity contribution in [1.29, 1.82) is 0 Å². The second-order valence-corrected chi connectivity index (χ2v) is 2.05. The fourth-order valence-electron chi connectivity index (χ4n) is 0.778. The van der Waals surface area contributed by atoms with Crippen LogP contribution in [0.15, 0.2) is 12.2 Å². The SMILES string of the molecule is C=C1CC(C=O)C1. The highest BCUT2D eigenvalue weighted by atomic mass is 16.1.